The van der Waals surface area contributed by atoms with Crippen molar-refractivity contribution < 1.29 is 9.59 Å². The Morgan fingerprint density at radius 1 is 1.08 bits per heavy atom. The van der Waals surface area contributed by atoms with E-state index in [1.165, 1.54) is 0 Å². The number of fused-ring (bicyclic) bond motifs is 1. The van der Waals surface area contributed by atoms with Crippen LogP contribution in [0.1, 0.15) is 26.3 Å². The van der Waals surface area contributed by atoms with Crippen LogP contribution in [-0.2, 0) is 0 Å². The summed E-state index contributed by atoms with van der Waals surface area (Å²) in [6.07, 6.45) is 1.69. The second kappa shape index (κ2) is 6.71. The zero-order chi connectivity index (χ0) is 16.9. The van der Waals surface area contributed by atoms with Gasteiger partial charge in [-0.25, -0.2) is 0 Å². The number of amides is 2. The first-order chi connectivity index (χ1) is 11.6. The van der Waals surface area contributed by atoms with Crippen LogP contribution in [0.25, 0.3) is 10.9 Å². The van der Waals surface area contributed by atoms with Gasteiger partial charge in [0.1, 0.15) is 0 Å². The molecule has 0 radical (unpaired) electrons. The minimum atomic E-state index is -0.472. The van der Waals surface area contributed by atoms with Crippen LogP contribution in [0.3, 0.4) is 0 Å². The zero-order valence-electron chi connectivity index (χ0n) is 12.8. The number of hydrogen-bond acceptors (Lipinski definition) is 2. The van der Waals surface area contributed by atoms with E-state index in [2.05, 4.69) is 22.1 Å². The maximum absolute atomic E-state index is 12.2. The highest BCUT2D eigenvalue weighted by Gasteiger charge is 2.10. The molecule has 0 aliphatic carbocycles. The van der Waals surface area contributed by atoms with Crippen molar-refractivity contribution in [2.24, 2.45) is 5.73 Å². The predicted octanol–water partition coefficient (Wildman–Crippen LogP) is 2.05. The van der Waals surface area contributed by atoms with Crippen molar-refractivity contribution in [3.63, 3.8) is 0 Å². The van der Waals surface area contributed by atoms with Gasteiger partial charge < -0.3 is 16.0 Å². The molecule has 2 amide bonds. The van der Waals surface area contributed by atoms with Crippen molar-refractivity contribution in [2.45, 2.75) is 0 Å². The van der Waals surface area contributed by atoms with Gasteiger partial charge in [0.05, 0.1) is 12.1 Å². The van der Waals surface area contributed by atoms with Gasteiger partial charge in [0, 0.05) is 28.2 Å². The summed E-state index contributed by atoms with van der Waals surface area (Å²) in [5.41, 5.74) is 7.88. The molecule has 3 rings (SSSR count). The third-order valence-corrected chi connectivity index (χ3v) is 3.57. The monoisotopic (exact) mass is 317 g/mol. The molecule has 0 atom stereocenters. The molecule has 4 N–H and O–H groups in total. The van der Waals surface area contributed by atoms with Crippen molar-refractivity contribution in [3.05, 3.63) is 71.4 Å². The van der Waals surface area contributed by atoms with Crippen LogP contribution in [0.4, 0.5) is 0 Å². The number of para-hydroxylation sites is 1. The number of H-pyrrole nitrogens is 1. The van der Waals surface area contributed by atoms with E-state index in [1.54, 1.807) is 30.5 Å². The van der Waals surface area contributed by atoms with Crippen LogP contribution in [0, 0.1) is 11.8 Å². The van der Waals surface area contributed by atoms with Gasteiger partial charge in [-0.05, 0) is 30.3 Å². The molecular weight excluding hydrogens is 302 g/mol. The summed E-state index contributed by atoms with van der Waals surface area (Å²) in [6, 6.07) is 14.3. The molecule has 3 aromatic rings. The van der Waals surface area contributed by atoms with Gasteiger partial charge in [-0.15, -0.1) is 0 Å². The van der Waals surface area contributed by atoms with Crippen LogP contribution >= 0.6 is 0 Å². The van der Waals surface area contributed by atoms with Gasteiger partial charge in [-0.2, -0.15) is 0 Å². The Morgan fingerprint density at radius 2 is 1.83 bits per heavy atom. The summed E-state index contributed by atoms with van der Waals surface area (Å²) < 4.78 is 0. The molecule has 0 fully saturated rings. The molecule has 0 bridgehead atoms. The number of nitrogens with one attached hydrogen (secondary N) is 2. The smallest absolute Gasteiger partial charge is 0.254 e. The van der Waals surface area contributed by atoms with Crippen LogP contribution in [0.5, 0.6) is 0 Å². The number of carbonyl (C=O) groups excluding carboxylic acids is 2. The van der Waals surface area contributed by atoms with E-state index in [9.17, 15) is 9.59 Å². The van der Waals surface area contributed by atoms with Gasteiger partial charge in [-0.3, -0.25) is 9.59 Å². The topological polar surface area (TPSA) is 88.0 Å². The van der Waals surface area contributed by atoms with Gasteiger partial charge in [0.2, 0.25) is 5.91 Å². The highest BCUT2D eigenvalue weighted by molar-refractivity contribution is 6.06. The summed E-state index contributed by atoms with van der Waals surface area (Å²) in [5, 5.41) is 3.65. The molecular formula is C19H15N3O2. The second-order valence-electron chi connectivity index (χ2n) is 5.17. The minimum absolute atomic E-state index is 0.175. The van der Waals surface area contributed by atoms with Crippen LogP contribution in [0.15, 0.2) is 54.7 Å². The van der Waals surface area contributed by atoms with E-state index in [1.807, 2.05) is 24.3 Å². The van der Waals surface area contributed by atoms with E-state index < -0.39 is 5.91 Å². The quantitative estimate of drug-likeness (QED) is 0.646. The van der Waals surface area contributed by atoms with Crippen LogP contribution in [-0.4, -0.2) is 23.3 Å². The summed E-state index contributed by atoms with van der Waals surface area (Å²) in [7, 11) is 0. The maximum Gasteiger partial charge on any atom is 0.254 e. The average Bonchev–Trinajstić information content (AvgIpc) is 3.03. The molecule has 0 aliphatic rings. The lowest BCUT2D eigenvalue weighted by Crippen LogP contribution is -2.23. The molecule has 0 spiro atoms. The number of benzene rings is 2. The summed E-state index contributed by atoms with van der Waals surface area (Å²) in [5.74, 6) is 5.16. The largest absolute Gasteiger partial charge is 0.366 e. The summed E-state index contributed by atoms with van der Waals surface area (Å²) in [4.78, 5) is 26.3. The molecule has 0 unspecified atom stereocenters. The minimum Gasteiger partial charge on any atom is -0.366 e. The van der Waals surface area contributed by atoms with E-state index >= 15 is 0 Å². The number of nitrogens with two attached hydrogens (primary N) is 1. The number of aromatic amines is 1. The first-order valence-electron chi connectivity index (χ1n) is 7.38. The van der Waals surface area contributed by atoms with E-state index in [0.717, 1.165) is 16.5 Å². The number of hydrogen-bond donors (Lipinski definition) is 3. The lowest BCUT2D eigenvalue weighted by atomic mass is 10.1. The fraction of sp³-hybridized carbons (Fsp3) is 0.0526. The van der Waals surface area contributed by atoms with Crippen molar-refractivity contribution in [1.29, 1.82) is 0 Å². The average molecular weight is 317 g/mol. The van der Waals surface area contributed by atoms with Crippen molar-refractivity contribution in [3.8, 4) is 11.8 Å². The van der Waals surface area contributed by atoms with Crippen LogP contribution in [0.2, 0.25) is 0 Å². The molecule has 2 aromatic carbocycles. The zero-order valence-corrected chi connectivity index (χ0v) is 12.8. The molecule has 118 valence electrons. The third-order valence-electron chi connectivity index (χ3n) is 3.57. The molecule has 0 aliphatic heterocycles. The number of carbonyl (C=O) groups is 2. The third kappa shape index (κ3) is 3.28. The highest BCUT2D eigenvalue weighted by Crippen LogP contribution is 2.17. The molecule has 1 aromatic heterocycles. The maximum atomic E-state index is 12.2. The lowest BCUT2D eigenvalue weighted by Gasteiger charge is -1.99. The Labute approximate surface area is 138 Å². The number of primary amides is 1. The molecule has 0 saturated carbocycles. The number of rotatable bonds is 3. The lowest BCUT2D eigenvalue weighted by molar-refractivity contribution is 0.0958. The van der Waals surface area contributed by atoms with E-state index in [0.29, 0.717) is 11.1 Å². The molecule has 24 heavy (non-hydrogen) atoms. The molecule has 1 heterocycles. The Morgan fingerprint density at radius 3 is 2.58 bits per heavy atom. The van der Waals surface area contributed by atoms with Gasteiger partial charge in [-0.1, -0.05) is 30.0 Å². The summed E-state index contributed by atoms with van der Waals surface area (Å²) in [6.45, 7) is 0.232. The molecule has 0 saturated heterocycles. The van der Waals surface area contributed by atoms with Crippen LogP contribution < -0.4 is 11.1 Å². The van der Waals surface area contributed by atoms with Crippen molar-refractivity contribution in [2.75, 3.05) is 6.54 Å². The van der Waals surface area contributed by atoms with E-state index in [4.69, 9.17) is 5.73 Å². The Balaban J connectivity index is 1.62. The van der Waals surface area contributed by atoms with E-state index in [-0.39, 0.29) is 12.5 Å². The molecule has 5 nitrogen and oxygen atoms in total. The first-order valence-corrected chi connectivity index (χ1v) is 7.38. The Bertz CT molecular complexity index is 959. The van der Waals surface area contributed by atoms with Crippen molar-refractivity contribution >= 4 is 22.7 Å². The summed E-state index contributed by atoms with van der Waals surface area (Å²) >= 11 is 0. The Hall–Kier alpha value is -3.52. The Kier molecular flexibility index (Phi) is 4.30. The van der Waals surface area contributed by atoms with Crippen molar-refractivity contribution in [1.82, 2.24) is 10.3 Å². The van der Waals surface area contributed by atoms with Gasteiger partial charge in [0.25, 0.3) is 5.91 Å². The SMILES string of the molecule is NC(=O)c1ccc(C#CCNC(=O)c2c[nH]c3ccccc23)cc1. The fourth-order valence-electron chi connectivity index (χ4n) is 2.34. The predicted molar refractivity (Wildman–Crippen MR) is 92.5 cm³/mol. The standard InChI is InChI=1S/C19H15N3O2/c20-18(23)14-9-7-13(8-10-14)4-3-11-21-19(24)16-12-22-17-6-2-1-5-15(16)17/h1-2,5-10,12,22H,11H2,(H2,20,23)(H,21,24). The molecule has 5 heteroatoms. The highest BCUT2D eigenvalue weighted by atomic mass is 16.2. The van der Waals surface area contributed by atoms with Gasteiger partial charge >= 0.3 is 0 Å². The number of aromatic nitrogens is 1. The first kappa shape index (κ1) is 15.4. The second-order valence-corrected chi connectivity index (χ2v) is 5.17. The fourth-order valence-corrected chi connectivity index (χ4v) is 2.34. The normalized spacial score (nSPS) is 10.0. The van der Waals surface area contributed by atoms with Gasteiger partial charge in [0.15, 0.2) is 0 Å².